The number of carbonyl (C=O) groups is 1. The highest BCUT2D eigenvalue weighted by molar-refractivity contribution is 5.76. The van der Waals surface area contributed by atoms with Crippen LogP contribution in [0.25, 0.3) is 0 Å². The number of aliphatic hydroxyl groups is 1. The molecule has 0 atom stereocenters. The number of hydrogen-bond acceptors (Lipinski definition) is 2. The van der Waals surface area contributed by atoms with Crippen LogP contribution in [0.4, 0.5) is 8.78 Å². The van der Waals surface area contributed by atoms with Crippen LogP contribution in [-0.4, -0.2) is 23.7 Å². The molecule has 116 valence electrons. The smallest absolute Gasteiger partial charge is 0.220 e. The molecule has 1 aliphatic carbocycles. The molecule has 1 aromatic rings. The third-order valence-electron chi connectivity index (χ3n) is 4.12. The summed E-state index contributed by atoms with van der Waals surface area (Å²) in [6, 6.07) is 4.15. The SMILES string of the molecule is O=C(CCc1cccc(F)c1F)NC1CCC(CO)CC1. The second-order valence-electron chi connectivity index (χ2n) is 5.68. The molecule has 0 bridgehead atoms. The molecule has 0 heterocycles. The van der Waals surface area contributed by atoms with Gasteiger partial charge < -0.3 is 10.4 Å². The van der Waals surface area contributed by atoms with E-state index in [9.17, 15) is 13.6 Å². The van der Waals surface area contributed by atoms with Gasteiger partial charge in [-0.15, -0.1) is 0 Å². The van der Waals surface area contributed by atoms with E-state index in [1.165, 1.54) is 12.1 Å². The molecule has 0 unspecified atom stereocenters. The first-order chi connectivity index (χ1) is 10.1. The summed E-state index contributed by atoms with van der Waals surface area (Å²) in [6.07, 6.45) is 3.91. The summed E-state index contributed by atoms with van der Waals surface area (Å²) in [7, 11) is 0. The number of rotatable bonds is 5. The fraction of sp³-hybridized carbons (Fsp3) is 0.562. The van der Waals surface area contributed by atoms with Crippen molar-refractivity contribution in [2.45, 2.75) is 44.6 Å². The number of aliphatic hydroxyl groups excluding tert-OH is 1. The molecule has 1 aliphatic rings. The minimum absolute atomic E-state index is 0.133. The van der Waals surface area contributed by atoms with E-state index >= 15 is 0 Å². The molecule has 21 heavy (non-hydrogen) atoms. The van der Waals surface area contributed by atoms with Gasteiger partial charge in [0.25, 0.3) is 0 Å². The molecular formula is C16H21F2NO2. The lowest BCUT2D eigenvalue weighted by atomic mass is 9.86. The lowest BCUT2D eigenvalue weighted by Gasteiger charge is -2.27. The van der Waals surface area contributed by atoms with Gasteiger partial charge in [0, 0.05) is 19.1 Å². The van der Waals surface area contributed by atoms with E-state index < -0.39 is 11.6 Å². The predicted molar refractivity (Wildman–Crippen MR) is 75.7 cm³/mol. The Kier molecular flexibility index (Phi) is 5.67. The van der Waals surface area contributed by atoms with E-state index in [-0.39, 0.29) is 37.0 Å². The minimum atomic E-state index is -0.879. The molecule has 0 spiro atoms. The van der Waals surface area contributed by atoms with Gasteiger partial charge in [0.05, 0.1) is 0 Å². The summed E-state index contributed by atoms with van der Waals surface area (Å²) in [5.74, 6) is -1.53. The van der Waals surface area contributed by atoms with Gasteiger partial charge >= 0.3 is 0 Å². The van der Waals surface area contributed by atoms with Crippen molar-refractivity contribution >= 4 is 5.91 Å². The standard InChI is InChI=1S/C16H21F2NO2/c17-14-3-1-2-12(16(14)18)6-9-15(21)19-13-7-4-11(10-20)5-8-13/h1-3,11,13,20H,4-10H2,(H,19,21). The first-order valence-corrected chi connectivity index (χ1v) is 7.43. The molecule has 1 saturated carbocycles. The molecule has 1 amide bonds. The number of aryl methyl sites for hydroxylation is 1. The number of benzene rings is 1. The van der Waals surface area contributed by atoms with Crippen molar-refractivity contribution in [1.29, 1.82) is 0 Å². The molecule has 3 nitrogen and oxygen atoms in total. The van der Waals surface area contributed by atoms with E-state index in [1.54, 1.807) is 0 Å². The van der Waals surface area contributed by atoms with Crippen LogP contribution < -0.4 is 5.32 Å². The van der Waals surface area contributed by atoms with Gasteiger partial charge in [0.15, 0.2) is 11.6 Å². The molecule has 1 aromatic carbocycles. The Labute approximate surface area is 123 Å². The Morgan fingerprint density at radius 2 is 1.95 bits per heavy atom. The minimum Gasteiger partial charge on any atom is -0.396 e. The Hall–Kier alpha value is -1.49. The fourth-order valence-corrected chi connectivity index (χ4v) is 2.78. The van der Waals surface area contributed by atoms with E-state index in [4.69, 9.17) is 5.11 Å². The summed E-state index contributed by atoms with van der Waals surface area (Å²) >= 11 is 0. The van der Waals surface area contributed by atoms with E-state index in [2.05, 4.69) is 5.32 Å². The van der Waals surface area contributed by atoms with E-state index in [0.717, 1.165) is 31.7 Å². The Balaban J connectivity index is 1.76. The highest BCUT2D eigenvalue weighted by Crippen LogP contribution is 2.23. The third kappa shape index (κ3) is 4.49. The van der Waals surface area contributed by atoms with Crippen LogP contribution in [0.3, 0.4) is 0 Å². The predicted octanol–water partition coefficient (Wildman–Crippen LogP) is 2.56. The first kappa shape index (κ1) is 15.9. The van der Waals surface area contributed by atoms with Gasteiger partial charge in [0.1, 0.15) is 0 Å². The summed E-state index contributed by atoms with van der Waals surface area (Å²) in [5, 5.41) is 12.0. The second kappa shape index (κ2) is 7.50. The molecule has 0 radical (unpaired) electrons. The van der Waals surface area contributed by atoms with Crippen molar-refractivity contribution in [2.24, 2.45) is 5.92 Å². The quantitative estimate of drug-likeness (QED) is 0.877. The average molecular weight is 297 g/mol. The molecule has 2 rings (SSSR count). The highest BCUT2D eigenvalue weighted by Gasteiger charge is 2.21. The Bertz CT molecular complexity index is 485. The lowest BCUT2D eigenvalue weighted by Crippen LogP contribution is -2.38. The van der Waals surface area contributed by atoms with Gasteiger partial charge in [-0.3, -0.25) is 4.79 Å². The molecule has 0 saturated heterocycles. The average Bonchev–Trinajstić information content (AvgIpc) is 2.49. The lowest BCUT2D eigenvalue weighted by molar-refractivity contribution is -0.122. The van der Waals surface area contributed by atoms with Crippen LogP contribution in [0.5, 0.6) is 0 Å². The van der Waals surface area contributed by atoms with Crippen molar-refractivity contribution in [3.05, 3.63) is 35.4 Å². The van der Waals surface area contributed by atoms with Crippen molar-refractivity contribution in [2.75, 3.05) is 6.61 Å². The number of halogens is 2. The zero-order chi connectivity index (χ0) is 15.2. The van der Waals surface area contributed by atoms with Crippen LogP contribution in [0.2, 0.25) is 0 Å². The third-order valence-corrected chi connectivity index (χ3v) is 4.12. The van der Waals surface area contributed by atoms with Crippen LogP contribution in [0.15, 0.2) is 18.2 Å². The van der Waals surface area contributed by atoms with Crippen LogP contribution >= 0.6 is 0 Å². The molecular weight excluding hydrogens is 276 g/mol. The van der Waals surface area contributed by atoms with Crippen molar-refractivity contribution in [3.63, 3.8) is 0 Å². The van der Waals surface area contributed by atoms with Crippen molar-refractivity contribution in [3.8, 4) is 0 Å². The zero-order valence-corrected chi connectivity index (χ0v) is 11.9. The summed E-state index contributed by atoms with van der Waals surface area (Å²) in [6.45, 7) is 0.208. The van der Waals surface area contributed by atoms with Crippen molar-refractivity contribution < 1.29 is 18.7 Å². The zero-order valence-electron chi connectivity index (χ0n) is 11.9. The Morgan fingerprint density at radius 3 is 2.62 bits per heavy atom. The van der Waals surface area contributed by atoms with Gasteiger partial charge in [-0.25, -0.2) is 8.78 Å². The van der Waals surface area contributed by atoms with Crippen LogP contribution in [-0.2, 0) is 11.2 Å². The number of nitrogens with one attached hydrogen (secondary N) is 1. The summed E-state index contributed by atoms with van der Waals surface area (Å²) in [4.78, 5) is 11.9. The van der Waals surface area contributed by atoms with Gasteiger partial charge in [0.2, 0.25) is 5.91 Å². The molecule has 0 aliphatic heterocycles. The Morgan fingerprint density at radius 1 is 1.24 bits per heavy atom. The largest absolute Gasteiger partial charge is 0.396 e. The van der Waals surface area contributed by atoms with Gasteiger partial charge in [-0.1, -0.05) is 12.1 Å². The molecule has 1 fully saturated rings. The molecule has 5 heteroatoms. The normalized spacial score (nSPS) is 22.0. The maximum absolute atomic E-state index is 13.5. The van der Waals surface area contributed by atoms with Crippen LogP contribution in [0, 0.1) is 17.6 Å². The maximum Gasteiger partial charge on any atom is 0.220 e. The second-order valence-corrected chi connectivity index (χ2v) is 5.68. The number of hydrogen-bond donors (Lipinski definition) is 2. The fourth-order valence-electron chi connectivity index (χ4n) is 2.78. The highest BCUT2D eigenvalue weighted by atomic mass is 19.2. The first-order valence-electron chi connectivity index (χ1n) is 7.43. The van der Waals surface area contributed by atoms with Crippen molar-refractivity contribution in [1.82, 2.24) is 5.32 Å². The van der Waals surface area contributed by atoms with E-state index in [1.807, 2.05) is 0 Å². The van der Waals surface area contributed by atoms with Crippen LogP contribution in [0.1, 0.15) is 37.7 Å². The summed E-state index contributed by atoms with van der Waals surface area (Å²) in [5.41, 5.74) is 0.231. The maximum atomic E-state index is 13.5. The van der Waals surface area contributed by atoms with Gasteiger partial charge in [-0.05, 0) is 49.7 Å². The van der Waals surface area contributed by atoms with E-state index in [0.29, 0.717) is 5.92 Å². The number of carbonyl (C=O) groups excluding carboxylic acids is 1. The molecule has 2 N–H and O–H groups in total. The van der Waals surface area contributed by atoms with Gasteiger partial charge in [-0.2, -0.15) is 0 Å². The number of amides is 1. The monoisotopic (exact) mass is 297 g/mol. The topological polar surface area (TPSA) is 49.3 Å². The molecule has 0 aromatic heterocycles. The summed E-state index contributed by atoms with van der Waals surface area (Å²) < 4.78 is 26.5.